The van der Waals surface area contributed by atoms with Crippen LogP contribution in [-0.4, -0.2) is 28.9 Å². The first-order chi connectivity index (χ1) is 10.6. The van der Waals surface area contributed by atoms with Gasteiger partial charge in [0.1, 0.15) is 17.5 Å². The van der Waals surface area contributed by atoms with Crippen LogP contribution in [0, 0.1) is 11.6 Å². The van der Waals surface area contributed by atoms with Gasteiger partial charge in [-0.15, -0.1) is 0 Å². The van der Waals surface area contributed by atoms with Gasteiger partial charge in [0.2, 0.25) is 0 Å². The predicted molar refractivity (Wildman–Crippen MR) is 78.5 cm³/mol. The highest BCUT2D eigenvalue weighted by atomic mass is 19.1. The van der Waals surface area contributed by atoms with Crippen molar-refractivity contribution in [1.29, 1.82) is 0 Å². The molecule has 0 radical (unpaired) electrons. The average molecular weight is 300 g/mol. The summed E-state index contributed by atoms with van der Waals surface area (Å²) in [4.78, 5) is 6.25. The van der Waals surface area contributed by atoms with Crippen LogP contribution in [0.3, 0.4) is 0 Å². The Bertz CT molecular complexity index is 790. The van der Waals surface area contributed by atoms with Gasteiger partial charge in [-0.25, -0.2) is 8.78 Å². The van der Waals surface area contributed by atoms with Gasteiger partial charge >= 0.3 is 0 Å². The van der Waals surface area contributed by atoms with Crippen LogP contribution in [0.5, 0.6) is 0 Å². The standard InChI is InChI=1S/C17H14F2N2O/c18-12-6-5-11(15(19)9-12)10-17(22)14-4-2-1-3-13(14)16-20-7-8-21(16)17/h1-6,9,22H,7-8,10H2. The van der Waals surface area contributed by atoms with E-state index < -0.39 is 17.4 Å². The first-order valence-electron chi connectivity index (χ1n) is 7.18. The van der Waals surface area contributed by atoms with Gasteiger partial charge in [0.15, 0.2) is 5.72 Å². The van der Waals surface area contributed by atoms with Crippen molar-refractivity contribution in [2.75, 3.05) is 13.1 Å². The number of nitrogens with zero attached hydrogens (tertiary/aromatic N) is 2. The van der Waals surface area contributed by atoms with E-state index in [4.69, 9.17) is 0 Å². The molecule has 2 heterocycles. The smallest absolute Gasteiger partial charge is 0.170 e. The summed E-state index contributed by atoms with van der Waals surface area (Å²) in [5, 5.41) is 11.2. The highest BCUT2D eigenvalue weighted by Gasteiger charge is 2.48. The molecule has 0 aliphatic carbocycles. The minimum atomic E-state index is -1.34. The summed E-state index contributed by atoms with van der Waals surface area (Å²) < 4.78 is 27.1. The Balaban J connectivity index is 1.81. The second kappa shape index (κ2) is 4.61. The molecule has 22 heavy (non-hydrogen) atoms. The molecule has 3 nitrogen and oxygen atoms in total. The van der Waals surface area contributed by atoms with Gasteiger partial charge in [0.05, 0.1) is 6.54 Å². The molecule has 2 aliphatic heterocycles. The molecule has 1 N–H and O–H groups in total. The summed E-state index contributed by atoms with van der Waals surface area (Å²) in [6.45, 7) is 1.20. The average Bonchev–Trinajstić information content (AvgIpc) is 3.07. The van der Waals surface area contributed by atoms with Crippen molar-refractivity contribution >= 4 is 5.84 Å². The van der Waals surface area contributed by atoms with Gasteiger partial charge in [-0.3, -0.25) is 4.99 Å². The van der Waals surface area contributed by atoms with E-state index >= 15 is 0 Å². The van der Waals surface area contributed by atoms with E-state index in [1.165, 1.54) is 12.1 Å². The van der Waals surface area contributed by atoms with Crippen molar-refractivity contribution in [3.05, 3.63) is 70.8 Å². The molecule has 2 aliphatic rings. The Labute approximate surface area is 126 Å². The quantitative estimate of drug-likeness (QED) is 0.924. The lowest BCUT2D eigenvalue weighted by Gasteiger charge is -2.33. The second-order valence-corrected chi connectivity index (χ2v) is 5.63. The topological polar surface area (TPSA) is 35.8 Å². The predicted octanol–water partition coefficient (Wildman–Crippen LogP) is 2.43. The molecule has 1 unspecified atom stereocenters. The number of hydrogen-bond acceptors (Lipinski definition) is 3. The van der Waals surface area contributed by atoms with Gasteiger partial charge in [0, 0.05) is 30.2 Å². The Morgan fingerprint density at radius 1 is 1.18 bits per heavy atom. The zero-order valence-corrected chi connectivity index (χ0v) is 11.8. The third kappa shape index (κ3) is 1.78. The van der Waals surface area contributed by atoms with Crippen molar-refractivity contribution in [2.24, 2.45) is 4.99 Å². The molecule has 5 heteroatoms. The van der Waals surface area contributed by atoms with Gasteiger partial charge in [0.25, 0.3) is 0 Å². The molecule has 4 rings (SSSR count). The number of aliphatic hydroxyl groups is 1. The summed E-state index contributed by atoms with van der Waals surface area (Å²) in [5.41, 5.74) is 0.541. The highest BCUT2D eigenvalue weighted by molar-refractivity contribution is 6.04. The molecule has 0 spiro atoms. The maximum atomic E-state index is 14.0. The maximum absolute atomic E-state index is 14.0. The monoisotopic (exact) mass is 300 g/mol. The molecule has 0 saturated carbocycles. The molecule has 2 aromatic carbocycles. The summed E-state index contributed by atoms with van der Waals surface area (Å²) in [7, 11) is 0. The van der Waals surface area contributed by atoms with Gasteiger partial charge < -0.3 is 10.0 Å². The van der Waals surface area contributed by atoms with Crippen LogP contribution in [0.1, 0.15) is 16.7 Å². The van der Waals surface area contributed by atoms with Gasteiger partial charge in [-0.2, -0.15) is 0 Å². The van der Waals surface area contributed by atoms with Crippen LogP contribution in [0.15, 0.2) is 47.5 Å². The summed E-state index contributed by atoms with van der Waals surface area (Å²) in [6, 6.07) is 10.9. The Morgan fingerprint density at radius 3 is 2.82 bits per heavy atom. The zero-order chi connectivity index (χ0) is 15.3. The summed E-state index contributed by atoms with van der Waals surface area (Å²) >= 11 is 0. The molecule has 0 fully saturated rings. The first-order valence-corrected chi connectivity index (χ1v) is 7.18. The molecule has 0 saturated heterocycles. The largest absolute Gasteiger partial charge is 0.366 e. The minimum absolute atomic E-state index is 0.0507. The molecule has 2 aromatic rings. The van der Waals surface area contributed by atoms with Crippen LogP contribution >= 0.6 is 0 Å². The minimum Gasteiger partial charge on any atom is -0.366 e. The fraction of sp³-hybridized carbons (Fsp3) is 0.235. The van der Waals surface area contributed by atoms with Crippen molar-refractivity contribution in [3.63, 3.8) is 0 Å². The van der Waals surface area contributed by atoms with E-state index in [1.807, 2.05) is 24.3 Å². The van der Waals surface area contributed by atoms with E-state index in [0.29, 0.717) is 13.1 Å². The number of benzene rings is 2. The summed E-state index contributed by atoms with van der Waals surface area (Å²) in [6.07, 6.45) is 0.0507. The molecule has 0 aromatic heterocycles. The number of fused-ring (bicyclic) bond motifs is 3. The number of hydrogen-bond donors (Lipinski definition) is 1. The van der Waals surface area contributed by atoms with E-state index in [-0.39, 0.29) is 12.0 Å². The number of rotatable bonds is 2. The van der Waals surface area contributed by atoms with Gasteiger partial charge in [-0.1, -0.05) is 30.3 Å². The highest BCUT2D eigenvalue weighted by Crippen LogP contribution is 2.41. The van der Waals surface area contributed by atoms with E-state index in [0.717, 1.165) is 23.0 Å². The number of halogens is 2. The molecular formula is C17H14F2N2O. The lowest BCUT2D eigenvalue weighted by Crippen LogP contribution is -2.44. The SMILES string of the molecule is OC1(Cc2ccc(F)cc2F)c2ccccc2C2=NCCN21. The third-order valence-electron chi connectivity index (χ3n) is 4.34. The fourth-order valence-electron chi connectivity index (χ4n) is 3.33. The third-order valence-corrected chi connectivity index (χ3v) is 4.34. The van der Waals surface area contributed by atoms with Crippen LogP contribution in [-0.2, 0) is 12.1 Å². The Morgan fingerprint density at radius 2 is 2.00 bits per heavy atom. The van der Waals surface area contributed by atoms with Crippen molar-refractivity contribution in [2.45, 2.75) is 12.1 Å². The first kappa shape index (κ1) is 13.4. The fourth-order valence-corrected chi connectivity index (χ4v) is 3.33. The Hall–Kier alpha value is -2.27. The molecule has 0 amide bonds. The lowest BCUT2D eigenvalue weighted by atomic mass is 9.94. The Kier molecular flexibility index (Phi) is 2.81. The van der Waals surface area contributed by atoms with Crippen molar-refractivity contribution in [3.8, 4) is 0 Å². The zero-order valence-electron chi connectivity index (χ0n) is 11.8. The molecule has 1 atom stereocenters. The van der Waals surface area contributed by atoms with E-state index in [9.17, 15) is 13.9 Å². The number of aliphatic imine (C=N–C) groups is 1. The van der Waals surface area contributed by atoms with E-state index in [1.54, 1.807) is 4.90 Å². The normalized spacial score (nSPS) is 22.5. The van der Waals surface area contributed by atoms with E-state index in [2.05, 4.69) is 4.99 Å². The second-order valence-electron chi connectivity index (χ2n) is 5.63. The van der Waals surface area contributed by atoms with Crippen LogP contribution in [0.4, 0.5) is 8.78 Å². The van der Waals surface area contributed by atoms with Crippen LogP contribution in [0.2, 0.25) is 0 Å². The number of amidine groups is 1. The van der Waals surface area contributed by atoms with Crippen molar-refractivity contribution < 1.29 is 13.9 Å². The van der Waals surface area contributed by atoms with Crippen molar-refractivity contribution in [1.82, 2.24) is 4.90 Å². The maximum Gasteiger partial charge on any atom is 0.170 e. The molecule has 112 valence electrons. The van der Waals surface area contributed by atoms with Crippen LogP contribution < -0.4 is 0 Å². The summed E-state index contributed by atoms with van der Waals surface area (Å²) in [5.74, 6) is -0.514. The molecular weight excluding hydrogens is 286 g/mol. The molecule has 0 bridgehead atoms. The van der Waals surface area contributed by atoms with Crippen LogP contribution in [0.25, 0.3) is 0 Å². The lowest BCUT2D eigenvalue weighted by molar-refractivity contribution is -0.0643. The van der Waals surface area contributed by atoms with Gasteiger partial charge in [-0.05, 0) is 11.6 Å².